The molecule has 0 aromatic heterocycles. The number of likely N-dealkylation sites (N-methyl/N-ethyl adjacent to an activating group) is 1. The van der Waals surface area contributed by atoms with Gasteiger partial charge in [-0.15, -0.1) is 0 Å². The zero-order valence-corrected chi connectivity index (χ0v) is 37.8. The second kappa shape index (κ2) is 41.2. The van der Waals surface area contributed by atoms with Crippen molar-refractivity contribution in [1.82, 2.24) is 0 Å². The number of allylic oxidation sites excluding steroid dienone is 22. The maximum atomic E-state index is 12.7. The maximum absolute atomic E-state index is 12.7. The molecule has 0 saturated carbocycles. The Balaban J connectivity index is 4.46. The van der Waals surface area contributed by atoms with E-state index in [0.717, 1.165) is 77.0 Å². The van der Waals surface area contributed by atoms with Crippen molar-refractivity contribution in [2.24, 2.45) is 0 Å². The van der Waals surface area contributed by atoms with Crippen molar-refractivity contribution < 1.29 is 38.2 Å². The number of carbonyl (C=O) groups excluding carboxylic acids is 2. The van der Waals surface area contributed by atoms with Crippen molar-refractivity contribution in [3.8, 4) is 0 Å². The van der Waals surface area contributed by atoms with Crippen molar-refractivity contribution in [2.75, 3.05) is 41.0 Å². The Morgan fingerprint density at radius 3 is 1.52 bits per heavy atom. The Kier molecular flexibility index (Phi) is 38.1. The van der Waals surface area contributed by atoms with Gasteiger partial charge in [-0.05, 0) is 77.0 Å². The second-order valence-corrected chi connectivity index (χ2v) is 15.3. The highest BCUT2D eigenvalue weighted by Gasteiger charge is 2.31. The molecule has 0 aliphatic rings. The predicted molar refractivity (Wildman–Crippen MR) is 251 cm³/mol. The van der Waals surface area contributed by atoms with Crippen molar-refractivity contribution in [3.63, 3.8) is 0 Å². The number of hydrogen-bond donors (Lipinski definition) is 1. The quantitative estimate of drug-likeness (QED) is 0.0219. The summed E-state index contributed by atoms with van der Waals surface area (Å²) in [6.45, 7) is 4.33. The van der Waals surface area contributed by atoms with Crippen LogP contribution >= 0.6 is 0 Å². The molecule has 334 valence electrons. The number of ether oxygens (including phenoxy) is 3. The molecule has 0 fully saturated rings. The molecule has 60 heavy (non-hydrogen) atoms. The van der Waals surface area contributed by atoms with Crippen molar-refractivity contribution in [1.29, 1.82) is 0 Å². The fourth-order valence-corrected chi connectivity index (χ4v) is 5.53. The molecule has 0 spiro atoms. The van der Waals surface area contributed by atoms with Gasteiger partial charge in [-0.25, -0.2) is 4.79 Å². The average Bonchev–Trinajstić information content (AvgIpc) is 3.21. The Bertz CT molecular complexity index is 1430. The summed E-state index contributed by atoms with van der Waals surface area (Å²) < 4.78 is 17.1. The van der Waals surface area contributed by atoms with Gasteiger partial charge in [0.15, 0.2) is 12.1 Å². The van der Waals surface area contributed by atoms with Crippen molar-refractivity contribution in [3.05, 3.63) is 134 Å². The molecule has 0 bridgehead atoms. The van der Waals surface area contributed by atoms with E-state index in [4.69, 9.17) is 14.2 Å². The second-order valence-electron chi connectivity index (χ2n) is 15.3. The Hall–Kier alpha value is -4.53. The van der Waals surface area contributed by atoms with Gasteiger partial charge in [0.1, 0.15) is 6.61 Å². The summed E-state index contributed by atoms with van der Waals surface area (Å²) in [5, 5.41) is 9.62. The summed E-state index contributed by atoms with van der Waals surface area (Å²) in [4.78, 5) is 36.9. The zero-order chi connectivity index (χ0) is 44.2. The minimum absolute atomic E-state index is 0.0133. The molecule has 0 rings (SSSR count). The Morgan fingerprint density at radius 2 is 0.983 bits per heavy atom. The van der Waals surface area contributed by atoms with Crippen LogP contribution in [0, 0.1) is 0 Å². The third kappa shape index (κ3) is 39.0. The predicted octanol–water partition coefficient (Wildman–Crippen LogP) is 12.4. The number of esters is 2. The van der Waals surface area contributed by atoms with Crippen molar-refractivity contribution >= 4 is 17.9 Å². The lowest BCUT2D eigenvalue weighted by atomic mass is 10.1. The summed E-state index contributed by atoms with van der Waals surface area (Å²) in [5.74, 6) is -1.62. The summed E-state index contributed by atoms with van der Waals surface area (Å²) >= 11 is 0. The first-order valence-corrected chi connectivity index (χ1v) is 22.3. The lowest BCUT2D eigenvalue weighted by Crippen LogP contribution is -2.50. The highest BCUT2D eigenvalue weighted by molar-refractivity contribution is 5.72. The number of hydrogen-bond acceptors (Lipinski definition) is 6. The molecule has 0 aromatic rings. The summed E-state index contributed by atoms with van der Waals surface area (Å²) in [6.07, 6.45) is 59.4. The minimum Gasteiger partial charge on any atom is -0.477 e. The van der Waals surface area contributed by atoms with E-state index in [2.05, 4.69) is 92.8 Å². The van der Waals surface area contributed by atoms with E-state index < -0.39 is 24.1 Å². The highest BCUT2D eigenvalue weighted by Crippen LogP contribution is 2.11. The number of quaternary nitrogens is 1. The van der Waals surface area contributed by atoms with Gasteiger partial charge in [0.2, 0.25) is 0 Å². The van der Waals surface area contributed by atoms with Crippen LogP contribution in [0.1, 0.15) is 123 Å². The van der Waals surface area contributed by atoms with Crippen LogP contribution in [0.15, 0.2) is 134 Å². The van der Waals surface area contributed by atoms with Crippen molar-refractivity contribution in [2.45, 2.75) is 135 Å². The van der Waals surface area contributed by atoms with Crippen LogP contribution < -0.4 is 0 Å². The average molecular weight is 831 g/mol. The summed E-state index contributed by atoms with van der Waals surface area (Å²) in [7, 11) is 5.47. The van der Waals surface area contributed by atoms with E-state index in [1.54, 1.807) is 0 Å². The van der Waals surface area contributed by atoms with E-state index in [-0.39, 0.29) is 36.7 Å². The van der Waals surface area contributed by atoms with Crippen LogP contribution in [-0.2, 0) is 28.6 Å². The first kappa shape index (κ1) is 55.5. The first-order chi connectivity index (χ1) is 29.1. The van der Waals surface area contributed by atoms with Crippen LogP contribution in [0.4, 0.5) is 0 Å². The fourth-order valence-electron chi connectivity index (χ4n) is 5.53. The molecule has 8 heteroatoms. The lowest BCUT2D eigenvalue weighted by Gasteiger charge is -2.31. The highest BCUT2D eigenvalue weighted by atomic mass is 16.6. The van der Waals surface area contributed by atoms with E-state index in [1.165, 1.54) is 0 Å². The lowest BCUT2D eigenvalue weighted by molar-refractivity contribution is -0.887. The molecular formula is C52H80NO7+. The first-order valence-electron chi connectivity index (χ1n) is 22.3. The van der Waals surface area contributed by atoms with E-state index >= 15 is 0 Å². The Labute approximate surface area is 364 Å². The molecule has 0 aromatic carbocycles. The van der Waals surface area contributed by atoms with E-state index in [0.29, 0.717) is 25.7 Å². The number of nitrogens with zero attached hydrogens (tertiary/aromatic N) is 1. The van der Waals surface area contributed by atoms with E-state index in [1.807, 2.05) is 75.8 Å². The molecular weight excluding hydrogens is 751 g/mol. The van der Waals surface area contributed by atoms with Gasteiger partial charge < -0.3 is 23.8 Å². The minimum atomic E-state index is -0.898. The summed E-state index contributed by atoms with van der Waals surface area (Å²) in [6, 6.07) is -0.641. The molecule has 0 aliphatic heterocycles. The number of carboxylic acids is 1. The summed E-state index contributed by atoms with van der Waals surface area (Å²) in [5.41, 5.74) is 0. The molecule has 0 saturated heterocycles. The third-order valence-electron chi connectivity index (χ3n) is 8.92. The molecule has 8 nitrogen and oxygen atoms in total. The van der Waals surface area contributed by atoms with E-state index in [9.17, 15) is 19.5 Å². The number of rotatable bonds is 37. The third-order valence-corrected chi connectivity index (χ3v) is 8.92. The van der Waals surface area contributed by atoms with Crippen LogP contribution in [0.25, 0.3) is 0 Å². The molecule has 0 aliphatic carbocycles. The maximum Gasteiger partial charge on any atom is 0.362 e. The number of carbonyl (C=O) groups is 3. The van der Waals surface area contributed by atoms with Gasteiger partial charge in [-0.3, -0.25) is 9.59 Å². The van der Waals surface area contributed by atoms with Crippen LogP contribution in [0.5, 0.6) is 0 Å². The SMILES string of the molecule is CC/C=C/C=C/C=C/C=C/C=C/CCCC(=O)OC(COCCC(C(=O)O)[N+](C)(C)C)COC(=O)CCCCCC/C=C/C/C=C/C/C=C/C/C=C/C/C=C/C/C=C/CC. The number of unbranched alkanes of at least 4 members (excludes halogenated alkanes) is 5. The van der Waals surface area contributed by atoms with Gasteiger partial charge in [0.25, 0.3) is 0 Å². The van der Waals surface area contributed by atoms with Gasteiger partial charge in [-0.2, -0.15) is 0 Å². The topological polar surface area (TPSA) is 99.1 Å². The van der Waals surface area contributed by atoms with Gasteiger partial charge in [0.05, 0.1) is 34.4 Å². The van der Waals surface area contributed by atoms with Gasteiger partial charge >= 0.3 is 17.9 Å². The molecule has 2 atom stereocenters. The van der Waals surface area contributed by atoms with Crippen LogP contribution in [0.3, 0.4) is 0 Å². The molecule has 1 N–H and O–H groups in total. The normalized spacial score (nSPS) is 14.2. The largest absolute Gasteiger partial charge is 0.477 e. The molecule has 2 unspecified atom stereocenters. The molecule has 0 heterocycles. The molecule has 0 amide bonds. The van der Waals surface area contributed by atoms with Gasteiger partial charge in [0, 0.05) is 19.3 Å². The number of aliphatic carboxylic acids is 1. The molecule has 0 radical (unpaired) electrons. The fraction of sp³-hybridized carbons (Fsp3) is 0.519. The van der Waals surface area contributed by atoms with Crippen LogP contribution in [-0.4, -0.2) is 80.6 Å². The van der Waals surface area contributed by atoms with Gasteiger partial charge in [-0.1, -0.05) is 160 Å². The van der Waals surface area contributed by atoms with Crippen LogP contribution in [0.2, 0.25) is 0 Å². The Morgan fingerprint density at radius 1 is 0.517 bits per heavy atom. The monoisotopic (exact) mass is 831 g/mol. The number of carboxylic acid groups (broad SMARTS) is 1. The smallest absolute Gasteiger partial charge is 0.362 e. The standard InChI is InChI=1S/C52H79NO7/c1-6-8-10-12-14-16-18-20-21-22-23-24-25-26-27-28-29-31-32-34-36-38-40-42-50(54)59-47-48(46-58-45-44-49(52(56)57)53(3,4)5)60-51(55)43-41-39-37-35-33-30-19-17-15-13-11-9-7-2/h8-11,13-17,19-21,23-24,26-27,29-31,33,35,37,48-49H,6-7,12,18,22,25,28,32,34,36,38-47H2,1-5H3/p+1/b10-8+,11-9+,15-13+,16-14+,19-17+,21-20+,24-23+,27-26+,31-29+,33-30+,37-35+. The zero-order valence-electron chi connectivity index (χ0n) is 37.8.